The van der Waals surface area contributed by atoms with Gasteiger partial charge in [0.15, 0.2) is 0 Å². The summed E-state index contributed by atoms with van der Waals surface area (Å²) in [6.45, 7) is 1.67. The van der Waals surface area contributed by atoms with Gasteiger partial charge in [-0.15, -0.1) is 0 Å². The zero-order valence-corrected chi connectivity index (χ0v) is 10.7. The predicted octanol–water partition coefficient (Wildman–Crippen LogP) is 3.10. The van der Waals surface area contributed by atoms with Gasteiger partial charge in [-0.05, 0) is 42.7 Å². The fraction of sp³-hybridized carbons (Fsp3) is 0.562. The van der Waals surface area contributed by atoms with E-state index in [4.69, 9.17) is 4.74 Å². The number of Topliss-reactive ketones (excluding diaryl/α,β-unsaturated/α-hetero) is 1. The Labute approximate surface area is 108 Å². The maximum Gasteiger partial charge on any atom is 0.140 e. The summed E-state index contributed by atoms with van der Waals surface area (Å²) in [5.41, 5.74) is 2.66. The molecule has 0 saturated carbocycles. The molecule has 0 spiro atoms. The quantitative estimate of drug-likeness (QED) is 0.816. The Hall–Kier alpha value is -1.15. The summed E-state index contributed by atoms with van der Waals surface area (Å²) in [6.07, 6.45) is 4.95. The molecule has 2 heteroatoms. The van der Waals surface area contributed by atoms with Crippen LogP contribution >= 0.6 is 0 Å². The number of benzene rings is 1. The minimum absolute atomic E-state index is 0.170. The SMILES string of the molecule is O=C(CC1CCOCC1)C1CCc2ccccc21. The second kappa shape index (κ2) is 5.23. The standard InChI is InChI=1S/C16H20O2/c17-16(11-12-7-9-18-10-8-12)15-6-5-13-3-1-2-4-14(13)15/h1-4,12,15H,5-11H2. The first-order valence-electron chi connectivity index (χ1n) is 7.03. The molecule has 3 rings (SSSR count). The van der Waals surface area contributed by atoms with Crippen LogP contribution in [0.25, 0.3) is 0 Å². The number of aryl methyl sites for hydroxylation is 1. The van der Waals surface area contributed by atoms with Crippen LogP contribution in [0, 0.1) is 5.92 Å². The molecule has 18 heavy (non-hydrogen) atoms. The fourth-order valence-corrected chi connectivity index (χ4v) is 3.27. The van der Waals surface area contributed by atoms with Crippen LogP contribution in [0.5, 0.6) is 0 Å². The van der Waals surface area contributed by atoms with E-state index in [1.54, 1.807) is 0 Å². The summed E-state index contributed by atoms with van der Waals surface area (Å²) in [6, 6.07) is 8.43. The van der Waals surface area contributed by atoms with E-state index in [0.717, 1.165) is 45.3 Å². The smallest absolute Gasteiger partial charge is 0.140 e. The molecule has 96 valence electrons. The van der Waals surface area contributed by atoms with Gasteiger partial charge in [-0.25, -0.2) is 0 Å². The van der Waals surface area contributed by atoms with E-state index in [0.29, 0.717) is 11.7 Å². The van der Waals surface area contributed by atoms with E-state index in [-0.39, 0.29) is 5.92 Å². The predicted molar refractivity (Wildman–Crippen MR) is 70.7 cm³/mol. The molecule has 0 amide bonds. The van der Waals surface area contributed by atoms with Gasteiger partial charge in [-0.2, -0.15) is 0 Å². The van der Waals surface area contributed by atoms with E-state index in [9.17, 15) is 4.79 Å². The first-order chi connectivity index (χ1) is 8.84. The van der Waals surface area contributed by atoms with Gasteiger partial charge in [0.1, 0.15) is 5.78 Å². The molecular weight excluding hydrogens is 224 g/mol. The van der Waals surface area contributed by atoms with Crippen molar-refractivity contribution in [3.8, 4) is 0 Å². The van der Waals surface area contributed by atoms with E-state index >= 15 is 0 Å². The van der Waals surface area contributed by atoms with Crippen molar-refractivity contribution in [2.24, 2.45) is 5.92 Å². The summed E-state index contributed by atoms with van der Waals surface area (Å²) in [4.78, 5) is 12.4. The lowest BCUT2D eigenvalue weighted by atomic mass is 9.87. The Balaban J connectivity index is 1.67. The van der Waals surface area contributed by atoms with Crippen molar-refractivity contribution in [1.82, 2.24) is 0 Å². The van der Waals surface area contributed by atoms with Crippen LogP contribution in [-0.4, -0.2) is 19.0 Å². The van der Waals surface area contributed by atoms with Crippen molar-refractivity contribution < 1.29 is 9.53 Å². The molecule has 1 fully saturated rings. The number of ketones is 1. The molecule has 1 aromatic carbocycles. The number of hydrogen-bond acceptors (Lipinski definition) is 2. The molecule has 1 aliphatic carbocycles. The van der Waals surface area contributed by atoms with E-state index < -0.39 is 0 Å². The zero-order chi connectivity index (χ0) is 12.4. The lowest BCUT2D eigenvalue weighted by molar-refractivity contribution is -0.122. The summed E-state index contributed by atoms with van der Waals surface area (Å²) in [5.74, 6) is 1.18. The summed E-state index contributed by atoms with van der Waals surface area (Å²) in [5, 5.41) is 0. The third kappa shape index (κ3) is 2.35. The van der Waals surface area contributed by atoms with Crippen molar-refractivity contribution >= 4 is 5.78 Å². The summed E-state index contributed by atoms with van der Waals surface area (Å²) >= 11 is 0. The Morgan fingerprint density at radius 2 is 1.94 bits per heavy atom. The van der Waals surface area contributed by atoms with Gasteiger partial charge in [0.25, 0.3) is 0 Å². The monoisotopic (exact) mass is 244 g/mol. The van der Waals surface area contributed by atoms with Crippen LogP contribution in [-0.2, 0) is 16.0 Å². The Bertz CT molecular complexity index is 432. The van der Waals surface area contributed by atoms with Gasteiger partial charge in [0, 0.05) is 25.6 Å². The minimum Gasteiger partial charge on any atom is -0.381 e. The molecule has 1 aliphatic heterocycles. The number of carbonyl (C=O) groups excluding carboxylic acids is 1. The third-order valence-electron chi connectivity index (χ3n) is 4.35. The highest BCUT2D eigenvalue weighted by Gasteiger charge is 2.29. The average molecular weight is 244 g/mol. The number of ether oxygens (including phenoxy) is 1. The third-order valence-corrected chi connectivity index (χ3v) is 4.35. The highest BCUT2D eigenvalue weighted by atomic mass is 16.5. The molecule has 2 nitrogen and oxygen atoms in total. The Kier molecular flexibility index (Phi) is 3.46. The first kappa shape index (κ1) is 11.9. The van der Waals surface area contributed by atoms with Gasteiger partial charge < -0.3 is 4.74 Å². The van der Waals surface area contributed by atoms with E-state index in [1.165, 1.54) is 11.1 Å². The van der Waals surface area contributed by atoms with Crippen molar-refractivity contribution in [3.05, 3.63) is 35.4 Å². The largest absolute Gasteiger partial charge is 0.381 e. The topological polar surface area (TPSA) is 26.3 Å². The molecule has 0 radical (unpaired) electrons. The maximum absolute atomic E-state index is 12.4. The van der Waals surface area contributed by atoms with Gasteiger partial charge in [-0.1, -0.05) is 24.3 Å². The van der Waals surface area contributed by atoms with Crippen LogP contribution in [0.3, 0.4) is 0 Å². The Morgan fingerprint density at radius 1 is 1.17 bits per heavy atom. The van der Waals surface area contributed by atoms with Crippen molar-refractivity contribution in [3.63, 3.8) is 0 Å². The number of carbonyl (C=O) groups is 1. The normalized spacial score (nSPS) is 23.9. The first-order valence-corrected chi connectivity index (χ1v) is 7.03. The number of fused-ring (bicyclic) bond motifs is 1. The highest BCUT2D eigenvalue weighted by molar-refractivity contribution is 5.87. The number of rotatable bonds is 3. The molecule has 1 atom stereocenters. The lowest BCUT2D eigenvalue weighted by Gasteiger charge is -2.22. The number of hydrogen-bond donors (Lipinski definition) is 0. The summed E-state index contributed by atoms with van der Waals surface area (Å²) in [7, 11) is 0. The molecule has 1 heterocycles. The Morgan fingerprint density at radius 3 is 2.78 bits per heavy atom. The van der Waals surface area contributed by atoms with Crippen molar-refractivity contribution in [2.75, 3.05) is 13.2 Å². The molecule has 1 saturated heterocycles. The van der Waals surface area contributed by atoms with Gasteiger partial charge in [0.05, 0.1) is 0 Å². The molecule has 0 N–H and O–H groups in total. The minimum atomic E-state index is 0.170. The second-order valence-corrected chi connectivity index (χ2v) is 5.52. The molecule has 1 unspecified atom stereocenters. The van der Waals surface area contributed by atoms with Gasteiger partial charge in [0.2, 0.25) is 0 Å². The maximum atomic E-state index is 12.4. The molecular formula is C16H20O2. The molecule has 2 aliphatic rings. The van der Waals surface area contributed by atoms with E-state index in [2.05, 4.69) is 24.3 Å². The average Bonchev–Trinajstić information content (AvgIpc) is 2.84. The fourth-order valence-electron chi connectivity index (χ4n) is 3.27. The molecule has 1 aromatic rings. The van der Waals surface area contributed by atoms with Crippen LogP contribution in [0.15, 0.2) is 24.3 Å². The van der Waals surface area contributed by atoms with Gasteiger partial charge >= 0.3 is 0 Å². The zero-order valence-electron chi connectivity index (χ0n) is 10.7. The van der Waals surface area contributed by atoms with Crippen molar-refractivity contribution in [1.29, 1.82) is 0 Å². The van der Waals surface area contributed by atoms with Gasteiger partial charge in [-0.3, -0.25) is 4.79 Å². The van der Waals surface area contributed by atoms with Crippen LogP contribution in [0.2, 0.25) is 0 Å². The highest BCUT2D eigenvalue weighted by Crippen LogP contribution is 2.35. The van der Waals surface area contributed by atoms with Crippen LogP contribution in [0.4, 0.5) is 0 Å². The summed E-state index contributed by atoms with van der Waals surface area (Å²) < 4.78 is 5.35. The van der Waals surface area contributed by atoms with E-state index in [1.807, 2.05) is 0 Å². The second-order valence-electron chi connectivity index (χ2n) is 5.52. The molecule has 0 aromatic heterocycles. The van der Waals surface area contributed by atoms with Crippen LogP contribution < -0.4 is 0 Å². The van der Waals surface area contributed by atoms with Crippen LogP contribution in [0.1, 0.15) is 42.7 Å². The molecule has 0 bridgehead atoms. The van der Waals surface area contributed by atoms with Crippen molar-refractivity contribution in [2.45, 2.75) is 38.0 Å². The lowest BCUT2D eigenvalue weighted by Crippen LogP contribution is -2.21.